The van der Waals surface area contributed by atoms with Crippen molar-refractivity contribution in [3.05, 3.63) is 0 Å². The van der Waals surface area contributed by atoms with Gasteiger partial charge in [-0.1, -0.05) is 13.8 Å². The van der Waals surface area contributed by atoms with Gasteiger partial charge in [-0.3, -0.25) is 0 Å². The highest BCUT2D eigenvalue weighted by Crippen LogP contribution is 1.59. The van der Waals surface area contributed by atoms with Gasteiger partial charge in [0.2, 0.25) is 0 Å². The molecule has 0 aromatic heterocycles. The number of hydrogen-bond donors (Lipinski definition) is 1. The molecular formula is C5H14ClN. The predicted molar refractivity (Wildman–Crippen MR) is 35.7 cm³/mol. The Kier molecular flexibility index (Phi) is 23.9. The zero-order valence-electron chi connectivity index (χ0n) is 5.08. The Hall–Kier alpha value is 0.250. The van der Waals surface area contributed by atoms with Gasteiger partial charge < -0.3 is 5.73 Å². The Morgan fingerprint density at radius 2 is 1.57 bits per heavy atom. The van der Waals surface area contributed by atoms with Crippen molar-refractivity contribution in [2.45, 2.75) is 20.3 Å². The summed E-state index contributed by atoms with van der Waals surface area (Å²) < 4.78 is 0. The molecule has 1 nitrogen and oxygen atoms in total. The van der Waals surface area contributed by atoms with E-state index in [1.807, 2.05) is 6.92 Å². The molecule has 0 bridgehead atoms. The molecule has 0 aromatic rings. The lowest BCUT2D eigenvalue weighted by Crippen LogP contribution is -1.93. The lowest BCUT2D eigenvalue weighted by atomic mass is 10.5. The van der Waals surface area contributed by atoms with Crippen LogP contribution in [0.4, 0.5) is 0 Å². The molecule has 0 heterocycles. The third kappa shape index (κ3) is 72.2. The zero-order chi connectivity index (χ0) is 6.12. The minimum Gasteiger partial charge on any atom is -0.330 e. The van der Waals surface area contributed by atoms with Gasteiger partial charge in [0, 0.05) is 5.88 Å². The van der Waals surface area contributed by atoms with Crippen molar-refractivity contribution in [2.24, 2.45) is 5.73 Å². The van der Waals surface area contributed by atoms with Gasteiger partial charge in [0.1, 0.15) is 0 Å². The van der Waals surface area contributed by atoms with Gasteiger partial charge in [0.05, 0.1) is 0 Å². The normalized spacial score (nSPS) is 6.86. The first-order chi connectivity index (χ1) is 3.33. The molecule has 0 unspecified atom stereocenters. The second-order valence-corrected chi connectivity index (χ2v) is 1.59. The molecule has 0 fully saturated rings. The highest BCUT2D eigenvalue weighted by molar-refractivity contribution is 6.17. The van der Waals surface area contributed by atoms with E-state index in [2.05, 4.69) is 6.92 Å². The van der Waals surface area contributed by atoms with Crippen molar-refractivity contribution in [1.82, 2.24) is 0 Å². The predicted octanol–water partition coefficient (Wildman–Crippen LogP) is 1.60. The third-order valence-corrected chi connectivity index (χ3v) is 0.289. The van der Waals surface area contributed by atoms with Crippen molar-refractivity contribution >= 4 is 11.6 Å². The summed E-state index contributed by atoms with van der Waals surface area (Å²) in [4.78, 5) is 0. The zero-order valence-corrected chi connectivity index (χ0v) is 5.83. The number of rotatable bonds is 1. The van der Waals surface area contributed by atoms with Crippen molar-refractivity contribution < 1.29 is 0 Å². The van der Waals surface area contributed by atoms with Crippen LogP contribution in [-0.4, -0.2) is 12.4 Å². The largest absolute Gasteiger partial charge is 0.330 e. The summed E-state index contributed by atoms with van der Waals surface area (Å²) in [6.45, 7) is 4.77. The van der Waals surface area contributed by atoms with E-state index in [0.717, 1.165) is 18.8 Å². The monoisotopic (exact) mass is 123 g/mol. The maximum absolute atomic E-state index is 5.03. The molecule has 0 saturated heterocycles. The molecule has 0 saturated carbocycles. The summed E-state index contributed by atoms with van der Waals surface area (Å²) in [6, 6.07) is 0. The van der Waals surface area contributed by atoms with E-state index < -0.39 is 0 Å². The minimum atomic E-state index is 0.722. The average Bonchev–Trinajstić information content (AvgIpc) is 1.69. The molecule has 7 heavy (non-hydrogen) atoms. The van der Waals surface area contributed by atoms with E-state index in [-0.39, 0.29) is 0 Å². The van der Waals surface area contributed by atoms with E-state index in [9.17, 15) is 0 Å². The summed E-state index contributed by atoms with van der Waals surface area (Å²) in [7, 11) is 0. The molecule has 2 heteroatoms. The van der Waals surface area contributed by atoms with Crippen molar-refractivity contribution in [1.29, 1.82) is 0 Å². The molecule has 0 spiro atoms. The molecule has 0 atom stereocenters. The molecule has 0 amide bonds. The third-order valence-electron chi connectivity index (χ3n) is 0.289. The Morgan fingerprint density at radius 1 is 1.43 bits per heavy atom. The summed E-state index contributed by atoms with van der Waals surface area (Å²) in [5.41, 5.74) is 5.03. The maximum atomic E-state index is 5.03. The van der Waals surface area contributed by atoms with E-state index in [1.54, 1.807) is 0 Å². The molecule has 0 rings (SSSR count). The Morgan fingerprint density at radius 3 is 1.57 bits per heavy atom. The summed E-state index contributed by atoms with van der Waals surface area (Å²) in [6.07, 6.45) is 1.10. The van der Waals surface area contributed by atoms with Crippen LogP contribution in [0.2, 0.25) is 0 Å². The summed E-state index contributed by atoms with van der Waals surface area (Å²) in [5.74, 6) is 0.722. The number of alkyl halides is 1. The van der Waals surface area contributed by atoms with Crippen molar-refractivity contribution in [3.8, 4) is 0 Å². The smallest absolute Gasteiger partial charge is 0.0195 e. The van der Waals surface area contributed by atoms with E-state index in [4.69, 9.17) is 17.3 Å². The van der Waals surface area contributed by atoms with Gasteiger partial charge in [-0.15, -0.1) is 11.6 Å². The topological polar surface area (TPSA) is 26.0 Å². The van der Waals surface area contributed by atoms with Crippen LogP contribution in [0.15, 0.2) is 0 Å². The maximum Gasteiger partial charge on any atom is 0.0195 e. The SMILES string of the molecule is CCCN.CCCl. The molecule has 0 aliphatic rings. The van der Waals surface area contributed by atoms with Gasteiger partial charge in [-0.25, -0.2) is 0 Å². The average molecular weight is 124 g/mol. The second-order valence-electron chi connectivity index (χ2n) is 1.06. The molecule has 0 aliphatic heterocycles. The fraction of sp³-hybridized carbons (Fsp3) is 1.00. The summed E-state index contributed by atoms with van der Waals surface area (Å²) >= 11 is 5.00. The number of nitrogens with two attached hydrogens (primary N) is 1. The lowest BCUT2D eigenvalue weighted by Gasteiger charge is -1.70. The lowest BCUT2D eigenvalue weighted by molar-refractivity contribution is 0.932. The first-order valence-corrected chi connectivity index (χ1v) is 3.12. The first kappa shape index (κ1) is 10.3. The quantitative estimate of drug-likeness (QED) is 0.527. The van der Waals surface area contributed by atoms with Gasteiger partial charge in [-0.2, -0.15) is 0 Å². The van der Waals surface area contributed by atoms with E-state index in [1.165, 1.54) is 0 Å². The standard InChI is InChI=1S/C3H9N.C2H5Cl/c1-2-3-4;1-2-3/h2-4H2,1H3;2H2,1H3. The van der Waals surface area contributed by atoms with Gasteiger partial charge in [-0.05, 0) is 13.0 Å². The fourth-order valence-corrected chi connectivity index (χ4v) is 0. The summed E-state index contributed by atoms with van der Waals surface area (Å²) in [5, 5.41) is 0. The number of hydrogen-bond acceptors (Lipinski definition) is 1. The van der Waals surface area contributed by atoms with Gasteiger partial charge >= 0.3 is 0 Å². The van der Waals surface area contributed by atoms with Crippen LogP contribution in [-0.2, 0) is 0 Å². The molecular weight excluding hydrogens is 110 g/mol. The van der Waals surface area contributed by atoms with Crippen LogP contribution < -0.4 is 5.73 Å². The van der Waals surface area contributed by atoms with E-state index >= 15 is 0 Å². The highest BCUT2D eigenvalue weighted by atomic mass is 35.5. The van der Waals surface area contributed by atoms with Crippen LogP contribution in [0.1, 0.15) is 20.3 Å². The highest BCUT2D eigenvalue weighted by Gasteiger charge is 1.55. The number of halogens is 1. The molecule has 46 valence electrons. The van der Waals surface area contributed by atoms with Crippen LogP contribution in [0.5, 0.6) is 0 Å². The van der Waals surface area contributed by atoms with Gasteiger partial charge in [0.15, 0.2) is 0 Å². The minimum absolute atomic E-state index is 0.722. The van der Waals surface area contributed by atoms with Crippen LogP contribution in [0.25, 0.3) is 0 Å². The van der Waals surface area contributed by atoms with Crippen molar-refractivity contribution in [3.63, 3.8) is 0 Å². The molecule has 0 radical (unpaired) electrons. The van der Waals surface area contributed by atoms with E-state index in [0.29, 0.717) is 0 Å². The molecule has 0 aromatic carbocycles. The Labute approximate surface area is 50.8 Å². The van der Waals surface area contributed by atoms with Crippen LogP contribution in [0, 0.1) is 0 Å². The molecule has 0 aliphatic carbocycles. The van der Waals surface area contributed by atoms with Crippen molar-refractivity contribution in [2.75, 3.05) is 12.4 Å². The molecule has 2 N–H and O–H groups in total. The van der Waals surface area contributed by atoms with Crippen LogP contribution >= 0.6 is 11.6 Å². The first-order valence-electron chi connectivity index (χ1n) is 2.59. The fourth-order valence-electron chi connectivity index (χ4n) is 0. The Balaban J connectivity index is 0. The van der Waals surface area contributed by atoms with Gasteiger partial charge in [0.25, 0.3) is 0 Å². The van der Waals surface area contributed by atoms with Crippen LogP contribution in [0.3, 0.4) is 0 Å². The second kappa shape index (κ2) is 16.3. The Bertz CT molecular complexity index is 15.6.